The van der Waals surface area contributed by atoms with Crippen molar-refractivity contribution in [3.05, 3.63) is 58.6 Å². The van der Waals surface area contributed by atoms with Crippen molar-refractivity contribution in [1.82, 2.24) is 0 Å². The molecule has 0 fully saturated rings. The minimum absolute atomic E-state index is 0.422. The van der Waals surface area contributed by atoms with E-state index >= 15 is 0 Å². The SMILES string of the molecule is CC(O)c1cccc(SCCOc2ccc(Br)cc2)c1. The largest absolute Gasteiger partial charge is 0.493 e. The Hall–Kier alpha value is -0.970. The molecule has 0 bridgehead atoms. The van der Waals surface area contributed by atoms with Gasteiger partial charge in [0.1, 0.15) is 5.75 Å². The van der Waals surface area contributed by atoms with Crippen LogP contribution in [0.15, 0.2) is 57.9 Å². The van der Waals surface area contributed by atoms with E-state index in [-0.39, 0.29) is 0 Å². The van der Waals surface area contributed by atoms with Gasteiger partial charge >= 0.3 is 0 Å². The maximum absolute atomic E-state index is 9.55. The van der Waals surface area contributed by atoms with Gasteiger partial charge in [0.05, 0.1) is 12.7 Å². The first kappa shape index (κ1) is 15.4. The summed E-state index contributed by atoms with van der Waals surface area (Å²) in [7, 11) is 0. The first-order valence-electron chi connectivity index (χ1n) is 6.44. The summed E-state index contributed by atoms with van der Waals surface area (Å²) in [6, 6.07) is 15.8. The minimum Gasteiger partial charge on any atom is -0.493 e. The molecular weight excluding hydrogens is 336 g/mol. The fourth-order valence-electron chi connectivity index (χ4n) is 1.71. The zero-order chi connectivity index (χ0) is 14.4. The third kappa shape index (κ3) is 4.85. The van der Waals surface area contributed by atoms with Crippen LogP contribution in [-0.4, -0.2) is 17.5 Å². The molecule has 20 heavy (non-hydrogen) atoms. The summed E-state index contributed by atoms with van der Waals surface area (Å²) >= 11 is 5.13. The Morgan fingerprint density at radius 2 is 1.95 bits per heavy atom. The number of benzene rings is 2. The zero-order valence-corrected chi connectivity index (χ0v) is 13.7. The molecule has 106 valence electrons. The Labute approximate surface area is 132 Å². The van der Waals surface area contributed by atoms with Crippen LogP contribution >= 0.6 is 27.7 Å². The molecule has 1 atom stereocenters. The van der Waals surface area contributed by atoms with Crippen molar-refractivity contribution in [2.75, 3.05) is 12.4 Å². The van der Waals surface area contributed by atoms with Crippen molar-refractivity contribution < 1.29 is 9.84 Å². The molecule has 2 aromatic carbocycles. The molecule has 1 unspecified atom stereocenters. The molecule has 2 nitrogen and oxygen atoms in total. The second-order valence-electron chi connectivity index (χ2n) is 4.40. The predicted octanol–water partition coefficient (Wildman–Crippen LogP) is 4.67. The van der Waals surface area contributed by atoms with Gasteiger partial charge in [-0.25, -0.2) is 0 Å². The van der Waals surface area contributed by atoms with E-state index in [1.165, 1.54) is 0 Å². The van der Waals surface area contributed by atoms with Gasteiger partial charge in [-0.1, -0.05) is 28.1 Å². The first-order valence-corrected chi connectivity index (χ1v) is 8.22. The lowest BCUT2D eigenvalue weighted by Gasteiger charge is -2.08. The van der Waals surface area contributed by atoms with Crippen molar-refractivity contribution in [1.29, 1.82) is 0 Å². The minimum atomic E-state index is -0.422. The normalized spacial score (nSPS) is 12.2. The third-order valence-corrected chi connectivity index (χ3v) is 4.26. The topological polar surface area (TPSA) is 29.5 Å². The number of halogens is 1. The van der Waals surface area contributed by atoms with Crippen LogP contribution in [0.25, 0.3) is 0 Å². The van der Waals surface area contributed by atoms with Crippen LogP contribution in [0.2, 0.25) is 0 Å². The molecule has 0 saturated carbocycles. The summed E-state index contributed by atoms with van der Waals surface area (Å²) in [5, 5.41) is 9.55. The molecule has 4 heteroatoms. The number of thioether (sulfide) groups is 1. The van der Waals surface area contributed by atoms with Gasteiger partial charge in [0.25, 0.3) is 0 Å². The van der Waals surface area contributed by atoms with E-state index in [0.717, 1.165) is 26.4 Å². The number of hydrogen-bond acceptors (Lipinski definition) is 3. The molecule has 0 aromatic heterocycles. The molecule has 0 aliphatic rings. The van der Waals surface area contributed by atoms with E-state index in [1.54, 1.807) is 18.7 Å². The number of hydrogen-bond donors (Lipinski definition) is 1. The highest BCUT2D eigenvalue weighted by Gasteiger charge is 2.02. The summed E-state index contributed by atoms with van der Waals surface area (Å²) in [4.78, 5) is 1.16. The summed E-state index contributed by atoms with van der Waals surface area (Å²) in [6.07, 6.45) is -0.422. The Morgan fingerprint density at radius 1 is 1.20 bits per heavy atom. The van der Waals surface area contributed by atoms with Crippen LogP contribution in [-0.2, 0) is 0 Å². The number of aliphatic hydroxyl groups is 1. The van der Waals surface area contributed by atoms with Gasteiger partial charge in [-0.3, -0.25) is 0 Å². The van der Waals surface area contributed by atoms with Gasteiger partial charge in [0.2, 0.25) is 0 Å². The van der Waals surface area contributed by atoms with Crippen molar-refractivity contribution >= 4 is 27.7 Å². The lowest BCUT2D eigenvalue weighted by Crippen LogP contribution is -2.00. The van der Waals surface area contributed by atoms with E-state index in [0.29, 0.717) is 6.61 Å². The number of rotatable bonds is 6. The van der Waals surface area contributed by atoms with Crippen molar-refractivity contribution in [3.8, 4) is 5.75 Å². The van der Waals surface area contributed by atoms with E-state index in [2.05, 4.69) is 22.0 Å². The maximum Gasteiger partial charge on any atom is 0.119 e. The highest BCUT2D eigenvalue weighted by atomic mass is 79.9. The Kier molecular flexibility index (Phi) is 5.95. The molecule has 0 radical (unpaired) electrons. The van der Waals surface area contributed by atoms with Crippen LogP contribution in [0.5, 0.6) is 5.75 Å². The average molecular weight is 353 g/mol. The third-order valence-electron chi connectivity index (χ3n) is 2.77. The van der Waals surface area contributed by atoms with Gasteiger partial charge in [0.15, 0.2) is 0 Å². The van der Waals surface area contributed by atoms with Crippen molar-refractivity contribution in [2.24, 2.45) is 0 Å². The van der Waals surface area contributed by atoms with Gasteiger partial charge in [-0.2, -0.15) is 0 Å². The first-order chi connectivity index (χ1) is 9.65. The quantitative estimate of drug-likeness (QED) is 0.604. The fourth-order valence-corrected chi connectivity index (χ4v) is 2.77. The molecule has 0 spiro atoms. The van der Waals surface area contributed by atoms with Crippen LogP contribution in [0.3, 0.4) is 0 Å². The molecular formula is C16H17BrO2S. The smallest absolute Gasteiger partial charge is 0.119 e. The Bertz CT molecular complexity index is 540. The molecule has 1 N–H and O–H groups in total. The second kappa shape index (κ2) is 7.72. The highest BCUT2D eigenvalue weighted by molar-refractivity contribution is 9.10. The summed E-state index contributed by atoms with van der Waals surface area (Å²) in [6.45, 7) is 2.44. The van der Waals surface area contributed by atoms with Crippen molar-refractivity contribution in [2.45, 2.75) is 17.9 Å². The molecule has 2 aromatic rings. The second-order valence-corrected chi connectivity index (χ2v) is 6.48. The van der Waals surface area contributed by atoms with Gasteiger partial charge in [0, 0.05) is 15.1 Å². The summed E-state index contributed by atoms with van der Waals surface area (Å²) in [5.74, 6) is 1.76. The molecule has 0 aliphatic heterocycles. The maximum atomic E-state index is 9.55. The lowest BCUT2D eigenvalue weighted by molar-refractivity contribution is 0.199. The summed E-state index contributed by atoms with van der Waals surface area (Å²) in [5.41, 5.74) is 0.948. The van der Waals surface area contributed by atoms with Crippen LogP contribution < -0.4 is 4.74 Å². The summed E-state index contributed by atoms with van der Waals surface area (Å²) < 4.78 is 6.72. The van der Waals surface area contributed by atoms with Crippen LogP contribution in [0.4, 0.5) is 0 Å². The van der Waals surface area contributed by atoms with Crippen molar-refractivity contribution in [3.63, 3.8) is 0 Å². The van der Waals surface area contributed by atoms with Gasteiger partial charge in [-0.05, 0) is 48.9 Å². The zero-order valence-electron chi connectivity index (χ0n) is 11.3. The monoisotopic (exact) mass is 352 g/mol. The lowest BCUT2D eigenvalue weighted by atomic mass is 10.1. The van der Waals surface area contributed by atoms with E-state index < -0.39 is 6.10 Å². The molecule has 0 heterocycles. The number of aliphatic hydroxyl groups excluding tert-OH is 1. The Balaban J connectivity index is 1.78. The molecule has 0 amide bonds. The van der Waals surface area contributed by atoms with Crippen LogP contribution in [0.1, 0.15) is 18.6 Å². The van der Waals surface area contributed by atoms with Gasteiger partial charge < -0.3 is 9.84 Å². The standard InChI is InChI=1S/C16H17BrO2S/c1-12(18)13-3-2-4-16(11-13)20-10-9-19-15-7-5-14(17)6-8-15/h2-8,11-12,18H,9-10H2,1H3. The fraction of sp³-hybridized carbons (Fsp3) is 0.250. The number of ether oxygens (including phenoxy) is 1. The molecule has 2 rings (SSSR count). The Morgan fingerprint density at radius 3 is 2.65 bits per heavy atom. The molecule has 0 saturated heterocycles. The van der Waals surface area contributed by atoms with E-state index in [1.807, 2.05) is 42.5 Å². The predicted molar refractivity (Wildman–Crippen MR) is 87.4 cm³/mol. The average Bonchev–Trinajstić information content (AvgIpc) is 2.46. The van der Waals surface area contributed by atoms with Gasteiger partial charge in [-0.15, -0.1) is 11.8 Å². The van der Waals surface area contributed by atoms with E-state index in [4.69, 9.17) is 4.74 Å². The highest BCUT2D eigenvalue weighted by Crippen LogP contribution is 2.22. The van der Waals surface area contributed by atoms with Crippen LogP contribution in [0, 0.1) is 0 Å². The molecule has 0 aliphatic carbocycles. The van der Waals surface area contributed by atoms with E-state index in [9.17, 15) is 5.11 Å².